The fraction of sp³-hybridized carbons (Fsp3) is 0.154. The molecule has 0 spiro atoms. The number of nitro benzene ring substituents is 1. The zero-order valence-corrected chi connectivity index (χ0v) is 20.2. The molecule has 2 atom stereocenters. The zero-order valence-electron chi connectivity index (χ0n) is 19.3. The number of non-ortho nitro benzene ring substituents is 1. The minimum absolute atomic E-state index is 0.0826. The van der Waals surface area contributed by atoms with Crippen molar-refractivity contribution in [2.45, 2.75) is 19.0 Å². The number of aryl methyl sites for hydroxylation is 1. The number of hydrogen-bond acceptors (Lipinski definition) is 6. The summed E-state index contributed by atoms with van der Waals surface area (Å²) in [6.07, 6.45) is 1.71. The van der Waals surface area contributed by atoms with E-state index in [2.05, 4.69) is 10.3 Å². The highest BCUT2D eigenvalue weighted by Gasteiger charge is 2.42. The highest BCUT2D eigenvalue weighted by molar-refractivity contribution is 7.80. The van der Waals surface area contributed by atoms with Crippen molar-refractivity contribution in [2.75, 3.05) is 12.0 Å². The molecule has 8 nitrogen and oxygen atoms in total. The molecule has 0 radical (unpaired) electrons. The van der Waals surface area contributed by atoms with Gasteiger partial charge in [-0.2, -0.15) is 0 Å². The normalized spacial score (nSPS) is 17.2. The maximum atomic E-state index is 14.0. The van der Waals surface area contributed by atoms with Crippen LogP contribution in [0.1, 0.15) is 29.1 Å². The van der Waals surface area contributed by atoms with Crippen molar-refractivity contribution in [1.29, 1.82) is 0 Å². The monoisotopic (exact) mass is 504 g/mol. The Kier molecular flexibility index (Phi) is 6.11. The molecule has 3 heterocycles. The fourth-order valence-electron chi connectivity index (χ4n) is 4.35. The summed E-state index contributed by atoms with van der Waals surface area (Å²) in [5.41, 5.74) is 2.45. The lowest BCUT2D eigenvalue weighted by molar-refractivity contribution is -0.384. The van der Waals surface area contributed by atoms with Gasteiger partial charge in [-0.25, -0.2) is 4.39 Å². The largest absolute Gasteiger partial charge is 0.496 e. The molecule has 0 saturated carbocycles. The first-order valence-electron chi connectivity index (χ1n) is 11.1. The van der Waals surface area contributed by atoms with E-state index in [0.29, 0.717) is 39.2 Å². The first-order chi connectivity index (χ1) is 17.4. The van der Waals surface area contributed by atoms with Crippen LogP contribution < -0.4 is 15.0 Å². The number of thiocarbonyl (C=S) groups is 1. The average molecular weight is 505 g/mol. The lowest BCUT2D eigenvalue weighted by atomic mass is 10.0. The first-order valence-corrected chi connectivity index (χ1v) is 11.5. The van der Waals surface area contributed by atoms with E-state index in [1.54, 1.807) is 37.4 Å². The average Bonchev–Trinajstić information content (AvgIpc) is 3.50. The number of hydrogen-bond donors (Lipinski definition) is 1. The Labute approximate surface area is 211 Å². The number of aromatic nitrogens is 1. The number of rotatable bonds is 6. The lowest BCUT2D eigenvalue weighted by Gasteiger charge is -2.26. The van der Waals surface area contributed by atoms with E-state index >= 15 is 0 Å². The molecule has 182 valence electrons. The molecule has 36 heavy (non-hydrogen) atoms. The van der Waals surface area contributed by atoms with Crippen LogP contribution in [0, 0.1) is 22.9 Å². The molecule has 0 amide bonds. The molecule has 1 aliphatic heterocycles. The second kappa shape index (κ2) is 9.38. The summed E-state index contributed by atoms with van der Waals surface area (Å²) in [5.74, 6) is 1.07. The maximum Gasteiger partial charge on any atom is 0.273 e. The number of nitrogens with zero attached hydrogens (tertiary/aromatic N) is 3. The minimum atomic E-state index is -0.481. The molecule has 1 aliphatic rings. The van der Waals surface area contributed by atoms with Crippen molar-refractivity contribution in [2.24, 2.45) is 0 Å². The van der Waals surface area contributed by atoms with Crippen LogP contribution >= 0.6 is 12.2 Å². The molecule has 4 aromatic rings. The van der Waals surface area contributed by atoms with E-state index in [9.17, 15) is 14.5 Å². The number of pyridine rings is 1. The molecule has 1 N–H and O–H groups in total. The van der Waals surface area contributed by atoms with Crippen LogP contribution in [0.5, 0.6) is 5.75 Å². The van der Waals surface area contributed by atoms with Gasteiger partial charge in [-0.05, 0) is 73.2 Å². The van der Waals surface area contributed by atoms with Crippen LogP contribution in [-0.4, -0.2) is 22.1 Å². The van der Waals surface area contributed by atoms with Crippen molar-refractivity contribution < 1.29 is 18.5 Å². The number of benzene rings is 2. The second-order valence-corrected chi connectivity index (χ2v) is 8.66. The molecular weight excluding hydrogens is 483 g/mol. The maximum absolute atomic E-state index is 14.0. The summed E-state index contributed by atoms with van der Waals surface area (Å²) in [4.78, 5) is 17.1. The van der Waals surface area contributed by atoms with E-state index in [4.69, 9.17) is 21.4 Å². The molecule has 1 saturated heterocycles. The topological polar surface area (TPSA) is 93.7 Å². The second-order valence-electron chi connectivity index (χ2n) is 8.27. The van der Waals surface area contributed by atoms with Crippen molar-refractivity contribution in [3.63, 3.8) is 0 Å². The van der Waals surface area contributed by atoms with Crippen LogP contribution in [-0.2, 0) is 0 Å². The van der Waals surface area contributed by atoms with Gasteiger partial charge in [0.05, 0.1) is 35.4 Å². The Balaban J connectivity index is 1.60. The van der Waals surface area contributed by atoms with Gasteiger partial charge in [-0.3, -0.25) is 15.1 Å². The first kappa shape index (κ1) is 23.4. The van der Waals surface area contributed by atoms with Gasteiger partial charge in [-0.15, -0.1) is 0 Å². The van der Waals surface area contributed by atoms with Gasteiger partial charge >= 0.3 is 0 Å². The Hall–Kier alpha value is -4.31. The molecular formula is C26H21FN4O4S. The van der Waals surface area contributed by atoms with Crippen LogP contribution in [0.4, 0.5) is 15.8 Å². The Morgan fingerprint density at radius 3 is 2.69 bits per heavy atom. The Morgan fingerprint density at radius 1 is 1.17 bits per heavy atom. The highest BCUT2D eigenvalue weighted by atomic mass is 32.1. The quantitative estimate of drug-likeness (QED) is 0.198. The van der Waals surface area contributed by atoms with Gasteiger partial charge < -0.3 is 19.4 Å². The van der Waals surface area contributed by atoms with Crippen LogP contribution in [0.2, 0.25) is 0 Å². The molecule has 5 rings (SSSR count). The molecule has 0 unspecified atom stereocenters. The van der Waals surface area contributed by atoms with Crippen molar-refractivity contribution in [1.82, 2.24) is 10.3 Å². The van der Waals surface area contributed by atoms with E-state index < -0.39 is 11.0 Å². The standard InChI is InChI=1S/C26H21FN4O4S/c1-15-13-16(7-9-19(15)27)30-25(24(29-26(30)36)20-5-3-4-12-28-20)22-11-10-21(35-22)18-8-6-17(31(32)33)14-23(18)34-2/h3-14,24-25H,1-2H3,(H,29,36)/t24-,25-/m1/s1. The Bertz CT molecular complexity index is 1460. The smallest absolute Gasteiger partial charge is 0.273 e. The summed E-state index contributed by atoms with van der Waals surface area (Å²) < 4.78 is 25.7. The van der Waals surface area contributed by atoms with E-state index in [0.717, 1.165) is 5.69 Å². The number of halogens is 1. The summed E-state index contributed by atoms with van der Waals surface area (Å²) in [5, 5.41) is 15.0. The van der Waals surface area contributed by atoms with Crippen molar-refractivity contribution >= 4 is 28.7 Å². The molecule has 0 aliphatic carbocycles. The third-order valence-electron chi connectivity index (χ3n) is 6.10. The van der Waals surface area contributed by atoms with E-state index in [1.165, 1.54) is 25.3 Å². The predicted octanol–water partition coefficient (Wildman–Crippen LogP) is 5.88. The molecule has 1 fully saturated rings. The number of anilines is 1. The van der Waals surface area contributed by atoms with Gasteiger partial charge in [0.15, 0.2) is 5.11 Å². The van der Waals surface area contributed by atoms with Crippen LogP contribution in [0.15, 0.2) is 77.3 Å². The summed E-state index contributed by atoms with van der Waals surface area (Å²) in [6.45, 7) is 1.70. The number of nitrogens with one attached hydrogen (secondary N) is 1. The van der Waals surface area contributed by atoms with Crippen LogP contribution in [0.25, 0.3) is 11.3 Å². The highest BCUT2D eigenvalue weighted by Crippen LogP contribution is 2.44. The third-order valence-corrected chi connectivity index (χ3v) is 6.41. The van der Waals surface area contributed by atoms with Gasteiger partial charge in [0.25, 0.3) is 5.69 Å². The fourth-order valence-corrected chi connectivity index (χ4v) is 4.70. The number of ether oxygens (including phenoxy) is 1. The van der Waals surface area contributed by atoms with Gasteiger partial charge in [0.2, 0.25) is 0 Å². The summed E-state index contributed by atoms with van der Waals surface area (Å²) in [7, 11) is 1.45. The molecule has 2 aromatic carbocycles. The number of furan rings is 1. The predicted molar refractivity (Wildman–Crippen MR) is 136 cm³/mol. The van der Waals surface area contributed by atoms with Gasteiger partial charge in [0.1, 0.15) is 29.1 Å². The third kappa shape index (κ3) is 4.16. The minimum Gasteiger partial charge on any atom is -0.496 e. The molecule has 0 bridgehead atoms. The van der Waals surface area contributed by atoms with Crippen LogP contribution in [0.3, 0.4) is 0 Å². The van der Waals surface area contributed by atoms with Crippen molar-refractivity contribution in [3.8, 4) is 17.1 Å². The van der Waals surface area contributed by atoms with Crippen molar-refractivity contribution in [3.05, 3.63) is 106 Å². The van der Waals surface area contributed by atoms with E-state index in [1.807, 2.05) is 29.2 Å². The van der Waals surface area contributed by atoms with E-state index in [-0.39, 0.29) is 17.5 Å². The summed E-state index contributed by atoms with van der Waals surface area (Å²) >= 11 is 5.70. The van der Waals surface area contributed by atoms with Gasteiger partial charge in [0, 0.05) is 18.0 Å². The SMILES string of the molecule is COc1cc([N+](=O)[O-])ccc1-c1ccc([C@@H]2[C@@H](c3ccccn3)NC(=S)N2c2ccc(F)c(C)c2)o1. The molecule has 2 aromatic heterocycles. The zero-order chi connectivity index (χ0) is 25.4. The lowest BCUT2D eigenvalue weighted by Crippen LogP contribution is -2.29. The summed E-state index contributed by atoms with van der Waals surface area (Å²) in [6, 6.07) is 17.6. The number of methoxy groups -OCH3 is 1. The van der Waals surface area contributed by atoms with Gasteiger partial charge in [-0.1, -0.05) is 6.07 Å². The molecule has 10 heteroatoms. The Morgan fingerprint density at radius 2 is 2.00 bits per heavy atom. The number of nitro groups is 1.